The molecule has 0 heterocycles. The number of alkyl halides is 1. The van der Waals surface area contributed by atoms with Gasteiger partial charge in [0.05, 0.1) is 5.92 Å². The molecule has 1 amide bonds. The van der Waals surface area contributed by atoms with Crippen molar-refractivity contribution in [2.45, 2.75) is 19.4 Å². The fourth-order valence-electron chi connectivity index (χ4n) is 1.51. The van der Waals surface area contributed by atoms with Crippen LogP contribution in [0.1, 0.15) is 12.5 Å². The standard InChI is InChI=1S/C13H16BrNO3/c1-9(13(17)18)15-12(16)11(8-14)7-10-5-3-2-4-6-10/h2-6,9,11H,7-8H2,1H3,(H,15,16)(H,17,18)/t9-,11?/m0/s1. The third-order valence-electron chi connectivity index (χ3n) is 2.61. The Morgan fingerprint density at radius 2 is 1.94 bits per heavy atom. The minimum absolute atomic E-state index is 0.245. The van der Waals surface area contributed by atoms with Gasteiger partial charge in [0.1, 0.15) is 6.04 Å². The van der Waals surface area contributed by atoms with Crippen LogP contribution in [-0.2, 0) is 16.0 Å². The maximum atomic E-state index is 11.9. The van der Waals surface area contributed by atoms with Crippen molar-refractivity contribution in [2.24, 2.45) is 5.92 Å². The highest BCUT2D eigenvalue weighted by molar-refractivity contribution is 9.09. The van der Waals surface area contributed by atoms with Crippen LogP contribution in [0.5, 0.6) is 0 Å². The Balaban J connectivity index is 2.61. The molecule has 0 aliphatic carbocycles. The first-order chi connectivity index (χ1) is 8.54. The van der Waals surface area contributed by atoms with Gasteiger partial charge >= 0.3 is 5.97 Å². The Labute approximate surface area is 115 Å². The summed E-state index contributed by atoms with van der Waals surface area (Å²) in [5.74, 6) is -1.55. The Morgan fingerprint density at radius 1 is 1.33 bits per heavy atom. The first-order valence-corrected chi connectivity index (χ1v) is 6.79. The fraction of sp³-hybridized carbons (Fsp3) is 0.385. The van der Waals surface area contributed by atoms with Gasteiger partial charge in [-0.3, -0.25) is 9.59 Å². The molecule has 2 atom stereocenters. The van der Waals surface area contributed by atoms with E-state index in [1.54, 1.807) is 0 Å². The molecule has 1 aromatic carbocycles. The van der Waals surface area contributed by atoms with Crippen LogP contribution in [0, 0.1) is 5.92 Å². The summed E-state index contributed by atoms with van der Waals surface area (Å²) in [5.41, 5.74) is 1.06. The van der Waals surface area contributed by atoms with E-state index in [-0.39, 0.29) is 11.8 Å². The van der Waals surface area contributed by atoms with Crippen molar-refractivity contribution >= 4 is 27.8 Å². The predicted octanol–water partition coefficient (Wildman–Crippen LogP) is 1.83. The molecule has 0 saturated heterocycles. The SMILES string of the molecule is C[C@H](NC(=O)C(CBr)Cc1ccccc1)C(=O)O. The summed E-state index contributed by atoms with van der Waals surface area (Å²) in [6.45, 7) is 1.45. The third-order valence-corrected chi connectivity index (χ3v) is 3.39. The lowest BCUT2D eigenvalue weighted by atomic mass is 10.00. The summed E-state index contributed by atoms with van der Waals surface area (Å²) in [6, 6.07) is 8.78. The zero-order chi connectivity index (χ0) is 13.5. The van der Waals surface area contributed by atoms with Crippen LogP contribution in [0.25, 0.3) is 0 Å². The predicted molar refractivity (Wildman–Crippen MR) is 72.7 cm³/mol. The lowest BCUT2D eigenvalue weighted by Crippen LogP contribution is -2.42. The van der Waals surface area contributed by atoms with Gasteiger partial charge in [0.2, 0.25) is 5.91 Å². The van der Waals surface area contributed by atoms with Crippen LogP contribution in [-0.4, -0.2) is 28.4 Å². The highest BCUT2D eigenvalue weighted by atomic mass is 79.9. The molecule has 0 aliphatic heterocycles. The quantitative estimate of drug-likeness (QED) is 0.787. The largest absolute Gasteiger partial charge is 0.480 e. The van der Waals surface area contributed by atoms with Gasteiger partial charge in [0, 0.05) is 5.33 Å². The average molecular weight is 314 g/mol. The van der Waals surface area contributed by atoms with Crippen molar-refractivity contribution in [1.29, 1.82) is 0 Å². The number of halogens is 1. The number of benzene rings is 1. The normalized spacial score (nSPS) is 13.7. The number of hydrogen-bond acceptors (Lipinski definition) is 2. The summed E-state index contributed by atoms with van der Waals surface area (Å²) in [5, 5.41) is 11.7. The molecule has 0 saturated carbocycles. The van der Waals surface area contributed by atoms with Gasteiger partial charge in [0.25, 0.3) is 0 Å². The van der Waals surface area contributed by atoms with Crippen molar-refractivity contribution in [3.05, 3.63) is 35.9 Å². The number of aliphatic carboxylic acids is 1. The number of carboxylic acid groups (broad SMARTS) is 1. The van der Waals surface area contributed by atoms with E-state index in [1.807, 2.05) is 30.3 Å². The number of hydrogen-bond donors (Lipinski definition) is 2. The highest BCUT2D eigenvalue weighted by Gasteiger charge is 2.21. The average Bonchev–Trinajstić information content (AvgIpc) is 2.36. The molecule has 1 unspecified atom stereocenters. The second-order valence-electron chi connectivity index (χ2n) is 4.11. The first-order valence-electron chi connectivity index (χ1n) is 5.67. The second-order valence-corrected chi connectivity index (χ2v) is 4.76. The molecule has 98 valence electrons. The topological polar surface area (TPSA) is 66.4 Å². The summed E-state index contributed by atoms with van der Waals surface area (Å²) in [7, 11) is 0. The Bertz CT molecular complexity index is 408. The molecule has 5 heteroatoms. The van der Waals surface area contributed by atoms with Crippen molar-refractivity contribution < 1.29 is 14.7 Å². The van der Waals surface area contributed by atoms with Gasteiger partial charge in [-0.1, -0.05) is 46.3 Å². The minimum atomic E-state index is -1.03. The second kappa shape index (κ2) is 7.16. The van der Waals surface area contributed by atoms with E-state index in [4.69, 9.17) is 5.11 Å². The molecule has 1 aromatic rings. The number of amides is 1. The molecule has 18 heavy (non-hydrogen) atoms. The molecule has 0 aliphatic rings. The van der Waals surface area contributed by atoms with E-state index >= 15 is 0 Å². The number of carbonyl (C=O) groups is 2. The van der Waals surface area contributed by atoms with Crippen LogP contribution in [0.3, 0.4) is 0 Å². The van der Waals surface area contributed by atoms with Crippen LogP contribution in [0.2, 0.25) is 0 Å². The van der Waals surface area contributed by atoms with Gasteiger partial charge in [-0.2, -0.15) is 0 Å². The van der Waals surface area contributed by atoms with E-state index in [9.17, 15) is 9.59 Å². The van der Waals surface area contributed by atoms with Crippen LogP contribution in [0.4, 0.5) is 0 Å². The van der Waals surface area contributed by atoms with E-state index in [2.05, 4.69) is 21.2 Å². The van der Waals surface area contributed by atoms with Gasteiger partial charge < -0.3 is 10.4 Å². The molecular weight excluding hydrogens is 298 g/mol. The van der Waals surface area contributed by atoms with Crippen LogP contribution >= 0.6 is 15.9 Å². The molecule has 0 aromatic heterocycles. The Hall–Kier alpha value is -1.36. The Kier molecular flexibility index (Phi) is 5.85. The zero-order valence-electron chi connectivity index (χ0n) is 10.1. The molecule has 0 bridgehead atoms. The molecule has 0 radical (unpaired) electrons. The van der Waals surface area contributed by atoms with E-state index in [0.717, 1.165) is 5.56 Å². The lowest BCUT2D eigenvalue weighted by molar-refractivity contribution is -0.141. The lowest BCUT2D eigenvalue weighted by Gasteiger charge is -2.16. The number of carbonyl (C=O) groups excluding carboxylic acids is 1. The van der Waals surface area contributed by atoms with Crippen LogP contribution in [0.15, 0.2) is 30.3 Å². The first kappa shape index (κ1) is 14.7. The van der Waals surface area contributed by atoms with E-state index in [0.29, 0.717) is 11.8 Å². The zero-order valence-corrected chi connectivity index (χ0v) is 11.7. The van der Waals surface area contributed by atoms with Crippen molar-refractivity contribution in [2.75, 3.05) is 5.33 Å². The maximum Gasteiger partial charge on any atom is 0.325 e. The molecule has 0 fully saturated rings. The van der Waals surface area contributed by atoms with Gasteiger partial charge in [-0.15, -0.1) is 0 Å². The third kappa shape index (κ3) is 4.49. The van der Waals surface area contributed by atoms with E-state index < -0.39 is 12.0 Å². The van der Waals surface area contributed by atoms with Gasteiger partial charge in [-0.25, -0.2) is 0 Å². The number of rotatable bonds is 6. The minimum Gasteiger partial charge on any atom is -0.480 e. The smallest absolute Gasteiger partial charge is 0.325 e. The van der Waals surface area contributed by atoms with Crippen LogP contribution < -0.4 is 5.32 Å². The van der Waals surface area contributed by atoms with Crippen molar-refractivity contribution in [1.82, 2.24) is 5.32 Å². The number of nitrogens with one attached hydrogen (secondary N) is 1. The number of carboxylic acids is 1. The molecule has 2 N–H and O–H groups in total. The maximum absolute atomic E-state index is 11.9. The molecule has 4 nitrogen and oxygen atoms in total. The molecular formula is C13H16BrNO3. The van der Waals surface area contributed by atoms with Gasteiger partial charge in [0.15, 0.2) is 0 Å². The van der Waals surface area contributed by atoms with Crippen molar-refractivity contribution in [3.8, 4) is 0 Å². The molecule has 0 spiro atoms. The van der Waals surface area contributed by atoms with E-state index in [1.165, 1.54) is 6.92 Å². The fourth-order valence-corrected chi connectivity index (χ4v) is 2.03. The highest BCUT2D eigenvalue weighted by Crippen LogP contribution is 2.11. The summed E-state index contributed by atoms with van der Waals surface area (Å²) < 4.78 is 0. The molecule has 1 rings (SSSR count). The van der Waals surface area contributed by atoms with Crippen molar-refractivity contribution in [3.63, 3.8) is 0 Å². The Morgan fingerprint density at radius 3 is 2.44 bits per heavy atom. The monoisotopic (exact) mass is 313 g/mol. The van der Waals surface area contributed by atoms with Gasteiger partial charge in [-0.05, 0) is 18.9 Å². The summed E-state index contributed by atoms with van der Waals surface area (Å²) in [4.78, 5) is 22.6. The summed E-state index contributed by atoms with van der Waals surface area (Å²) in [6.07, 6.45) is 0.588. The summed E-state index contributed by atoms with van der Waals surface area (Å²) >= 11 is 3.29.